The maximum absolute atomic E-state index is 2.27. The van der Waals surface area contributed by atoms with Crippen molar-refractivity contribution in [3.63, 3.8) is 0 Å². The zero-order chi connectivity index (χ0) is 14.7. The van der Waals surface area contributed by atoms with E-state index in [1.54, 1.807) is 0 Å². The zero-order valence-electron chi connectivity index (χ0n) is 15.3. The van der Waals surface area contributed by atoms with Crippen LogP contribution in [0.4, 0.5) is 0 Å². The topological polar surface area (TPSA) is 0 Å². The van der Waals surface area contributed by atoms with Crippen molar-refractivity contribution in [3.8, 4) is 0 Å². The van der Waals surface area contributed by atoms with Crippen LogP contribution in [0.15, 0.2) is 0 Å². The number of hydrogen-bond acceptors (Lipinski definition) is 0. The van der Waals surface area contributed by atoms with E-state index < -0.39 is 0 Å². The van der Waals surface area contributed by atoms with E-state index in [9.17, 15) is 0 Å². The van der Waals surface area contributed by atoms with Gasteiger partial charge in [0.05, 0.1) is 52.4 Å². The maximum atomic E-state index is 2.27. The molecule has 0 rings (SSSR count). The monoisotopic (exact) mass is 324 g/mol. The summed E-state index contributed by atoms with van der Waals surface area (Å²) >= 11 is 0. The molecule has 0 aromatic carbocycles. The van der Waals surface area contributed by atoms with Gasteiger partial charge in [0.25, 0.3) is 0 Å². The molecule has 0 aromatic heterocycles. The van der Waals surface area contributed by atoms with Crippen molar-refractivity contribution >= 4 is 0 Å². The molecule has 0 spiro atoms. The van der Waals surface area contributed by atoms with Gasteiger partial charge in [-0.15, -0.1) is 0 Å². The standard InChI is InChI=1S/2C8H20N.Zn/c2*1-5-9(6-2,7-3)8-4;/h2*5-8H2,1-4H3;/q2*+1;+2. The minimum atomic E-state index is 0. The van der Waals surface area contributed by atoms with E-state index in [2.05, 4.69) is 55.4 Å². The van der Waals surface area contributed by atoms with E-state index >= 15 is 0 Å². The van der Waals surface area contributed by atoms with Crippen LogP contribution >= 0.6 is 0 Å². The fourth-order valence-corrected chi connectivity index (χ4v) is 2.68. The largest absolute Gasteiger partial charge is 2.00 e. The van der Waals surface area contributed by atoms with Gasteiger partial charge in [-0.05, 0) is 55.4 Å². The average molecular weight is 326 g/mol. The Bertz CT molecular complexity index is 121. The van der Waals surface area contributed by atoms with Gasteiger partial charge in [-0.3, -0.25) is 0 Å². The summed E-state index contributed by atoms with van der Waals surface area (Å²) in [5.41, 5.74) is 0. The molecule has 19 heavy (non-hydrogen) atoms. The number of quaternary nitrogens is 2. The van der Waals surface area contributed by atoms with Crippen molar-refractivity contribution in [1.82, 2.24) is 0 Å². The van der Waals surface area contributed by atoms with Crippen LogP contribution < -0.4 is 0 Å². The maximum Gasteiger partial charge on any atom is 2.00 e. The Morgan fingerprint density at radius 1 is 0.368 bits per heavy atom. The Balaban J connectivity index is -0.000000256. The third kappa shape index (κ3) is 8.42. The van der Waals surface area contributed by atoms with Crippen LogP contribution in [0.1, 0.15) is 55.4 Å². The smallest absolute Gasteiger partial charge is 0.325 e. The molecular formula is C16H40N2Zn+4. The van der Waals surface area contributed by atoms with E-state index in [1.165, 1.54) is 61.3 Å². The minimum Gasteiger partial charge on any atom is -0.325 e. The van der Waals surface area contributed by atoms with Crippen LogP contribution in [0.5, 0.6) is 0 Å². The Kier molecular flexibility index (Phi) is 17.5. The Morgan fingerprint density at radius 3 is 0.474 bits per heavy atom. The average Bonchev–Trinajstić information content (AvgIpc) is 2.46. The van der Waals surface area contributed by atoms with Gasteiger partial charge in [-0.1, -0.05) is 0 Å². The molecule has 0 amide bonds. The molecule has 0 aliphatic carbocycles. The molecule has 0 aliphatic heterocycles. The summed E-state index contributed by atoms with van der Waals surface area (Å²) in [5.74, 6) is 0. The van der Waals surface area contributed by atoms with Crippen LogP contribution in [0, 0.1) is 0 Å². The summed E-state index contributed by atoms with van der Waals surface area (Å²) in [4.78, 5) is 0. The molecule has 0 saturated heterocycles. The third-order valence-electron chi connectivity index (χ3n) is 5.37. The molecule has 3 heteroatoms. The van der Waals surface area contributed by atoms with Crippen molar-refractivity contribution in [3.05, 3.63) is 0 Å². The molecule has 2 nitrogen and oxygen atoms in total. The molecular weight excluding hydrogens is 286 g/mol. The van der Waals surface area contributed by atoms with Gasteiger partial charge in [0, 0.05) is 0 Å². The molecule has 0 fully saturated rings. The van der Waals surface area contributed by atoms with Crippen LogP contribution in [-0.4, -0.2) is 61.3 Å². The normalized spacial score (nSPS) is 11.4. The fourth-order valence-electron chi connectivity index (χ4n) is 2.68. The molecule has 0 heterocycles. The summed E-state index contributed by atoms with van der Waals surface area (Å²) in [6.45, 7) is 28.4. The van der Waals surface area contributed by atoms with Crippen LogP contribution in [0.25, 0.3) is 0 Å². The van der Waals surface area contributed by atoms with E-state index in [1.807, 2.05) is 0 Å². The van der Waals surface area contributed by atoms with Gasteiger partial charge in [0.2, 0.25) is 0 Å². The summed E-state index contributed by atoms with van der Waals surface area (Å²) in [7, 11) is 0. The van der Waals surface area contributed by atoms with Crippen molar-refractivity contribution in [1.29, 1.82) is 0 Å². The van der Waals surface area contributed by atoms with Crippen LogP contribution in [0.3, 0.4) is 0 Å². The molecule has 0 N–H and O–H groups in total. The summed E-state index contributed by atoms with van der Waals surface area (Å²) < 4.78 is 2.56. The van der Waals surface area contributed by atoms with E-state index in [0.29, 0.717) is 0 Å². The third-order valence-corrected chi connectivity index (χ3v) is 5.37. The first-order chi connectivity index (χ1) is 8.49. The summed E-state index contributed by atoms with van der Waals surface area (Å²) in [6.07, 6.45) is 0. The van der Waals surface area contributed by atoms with E-state index in [4.69, 9.17) is 0 Å². The first kappa shape index (κ1) is 24.6. The summed E-state index contributed by atoms with van der Waals surface area (Å²) in [6, 6.07) is 0. The SMILES string of the molecule is CC[N+](CC)(CC)CC.CC[N+](CC)(CC)CC.[Zn+2]. The van der Waals surface area contributed by atoms with Gasteiger partial charge in [-0.25, -0.2) is 0 Å². The molecule has 0 saturated carbocycles. The van der Waals surface area contributed by atoms with Gasteiger partial charge in [0.1, 0.15) is 0 Å². The van der Waals surface area contributed by atoms with Crippen LogP contribution in [-0.2, 0) is 19.5 Å². The van der Waals surface area contributed by atoms with E-state index in [0.717, 1.165) is 0 Å². The molecule has 0 unspecified atom stereocenters. The molecule has 0 aliphatic rings. The summed E-state index contributed by atoms with van der Waals surface area (Å²) in [5, 5.41) is 0. The first-order valence-corrected chi connectivity index (χ1v) is 8.19. The molecule has 0 radical (unpaired) electrons. The predicted octanol–water partition coefficient (Wildman–Crippen LogP) is 3.76. The molecule has 0 aromatic rings. The molecule has 0 atom stereocenters. The molecule has 0 bridgehead atoms. The molecule has 112 valence electrons. The van der Waals surface area contributed by atoms with Crippen LogP contribution in [0.2, 0.25) is 0 Å². The van der Waals surface area contributed by atoms with Crippen molar-refractivity contribution in [2.24, 2.45) is 0 Å². The van der Waals surface area contributed by atoms with Gasteiger partial charge in [-0.2, -0.15) is 0 Å². The van der Waals surface area contributed by atoms with E-state index in [-0.39, 0.29) is 19.5 Å². The quantitative estimate of drug-likeness (QED) is 0.471. The van der Waals surface area contributed by atoms with Gasteiger partial charge < -0.3 is 8.97 Å². The predicted molar refractivity (Wildman–Crippen MR) is 84.8 cm³/mol. The van der Waals surface area contributed by atoms with Crippen molar-refractivity contribution < 1.29 is 28.4 Å². The fraction of sp³-hybridized carbons (Fsp3) is 1.00. The Hall–Kier alpha value is 0.543. The number of rotatable bonds is 8. The van der Waals surface area contributed by atoms with Gasteiger partial charge in [0.15, 0.2) is 0 Å². The Labute approximate surface area is 136 Å². The second-order valence-corrected chi connectivity index (χ2v) is 5.21. The zero-order valence-corrected chi connectivity index (χ0v) is 18.2. The Morgan fingerprint density at radius 2 is 0.474 bits per heavy atom. The second-order valence-electron chi connectivity index (χ2n) is 5.21. The minimum absolute atomic E-state index is 0. The first-order valence-electron chi connectivity index (χ1n) is 8.19. The second kappa shape index (κ2) is 13.5. The van der Waals surface area contributed by atoms with Gasteiger partial charge >= 0.3 is 19.5 Å². The number of hydrogen-bond donors (Lipinski definition) is 0. The van der Waals surface area contributed by atoms with Crippen molar-refractivity contribution in [2.45, 2.75) is 55.4 Å². The number of nitrogens with zero attached hydrogens (tertiary/aromatic N) is 2. The van der Waals surface area contributed by atoms with Crippen molar-refractivity contribution in [2.75, 3.05) is 52.4 Å².